The fourth-order valence-corrected chi connectivity index (χ4v) is 6.76. The van der Waals surface area contributed by atoms with Crippen LogP contribution < -0.4 is 0 Å². The van der Waals surface area contributed by atoms with Crippen molar-refractivity contribution in [2.45, 2.75) is 64.6 Å². The van der Waals surface area contributed by atoms with Crippen LogP contribution in [0.1, 0.15) is 70.2 Å². The lowest BCUT2D eigenvalue weighted by Gasteiger charge is -2.39. The van der Waals surface area contributed by atoms with E-state index in [1.165, 1.54) is 22.3 Å². The molecule has 0 saturated heterocycles. The predicted molar refractivity (Wildman–Crippen MR) is 172 cm³/mol. The van der Waals surface area contributed by atoms with E-state index in [9.17, 15) is 10.2 Å². The highest BCUT2D eigenvalue weighted by atomic mass is 16.3. The van der Waals surface area contributed by atoms with Crippen molar-refractivity contribution in [3.8, 4) is 0 Å². The van der Waals surface area contributed by atoms with E-state index in [0.29, 0.717) is 11.8 Å². The van der Waals surface area contributed by atoms with Crippen molar-refractivity contribution in [2.75, 3.05) is 0 Å². The van der Waals surface area contributed by atoms with Crippen LogP contribution in [-0.2, 0) is 11.2 Å². The van der Waals surface area contributed by atoms with Gasteiger partial charge in [-0.3, -0.25) is 0 Å². The Labute approximate surface area is 251 Å². The van der Waals surface area contributed by atoms with Gasteiger partial charge in [0, 0.05) is 11.8 Å². The van der Waals surface area contributed by atoms with Crippen molar-refractivity contribution >= 4 is 0 Å². The normalized spacial score (nSPS) is 17.4. The first kappa shape index (κ1) is 28.6. The lowest BCUT2D eigenvalue weighted by Crippen LogP contribution is -2.39. The smallest absolute Gasteiger partial charge is 0.121 e. The zero-order chi connectivity index (χ0) is 29.5. The first-order chi connectivity index (χ1) is 20.2. The molecule has 2 saturated carbocycles. The molecule has 216 valence electrons. The molecule has 2 aliphatic carbocycles. The van der Waals surface area contributed by atoms with Crippen molar-refractivity contribution in [3.05, 3.63) is 154 Å². The SMILES string of the molecule is Cc1ccc(C(O)(c2ccc(C)cc2)[C@H](/C=C\[C@@H](C2CC2)C(O)(c2ccc(C)cc2)c2ccc(C)cc2)C2CC2)cc1. The molecule has 2 atom stereocenters. The molecule has 0 heterocycles. The van der Waals surface area contributed by atoms with Crippen LogP contribution in [0.25, 0.3) is 0 Å². The molecule has 4 aromatic carbocycles. The Balaban J connectivity index is 1.47. The van der Waals surface area contributed by atoms with Crippen molar-refractivity contribution in [1.82, 2.24) is 0 Å². The molecule has 0 spiro atoms. The lowest BCUT2D eigenvalue weighted by atomic mass is 9.70. The molecule has 2 N–H and O–H groups in total. The number of benzene rings is 4. The summed E-state index contributed by atoms with van der Waals surface area (Å²) in [6.45, 7) is 8.35. The second kappa shape index (κ2) is 11.3. The van der Waals surface area contributed by atoms with Gasteiger partial charge < -0.3 is 10.2 Å². The molecule has 0 bridgehead atoms. The third-order valence-corrected chi connectivity index (χ3v) is 9.72. The van der Waals surface area contributed by atoms with Crippen LogP contribution in [0.4, 0.5) is 0 Å². The fourth-order valence-electron chi connectivity index (χ4n) is 6.76. The highest BCUT2D eigenvalue weighted by Gasteiger charge is 2.49. The van der Waals surface area contributed by atoms with E-state index in [1.807, 2.05) is 0 Å². The Bertz CT molecular complexity index is 1310. The van der Waals surface area contributed by atoms with E-state index < -0.39 is 11.2 Å². The summed E-state index contributed by atoms with van der Waals surface area (Å²) in [5, 5.41) is 25.7. The van der Waals surface area contributed by atoms with Gasteiger partial charge in [0.05, 0.1) is 0 Å². The van der Waals surface area contributed by atoms with E-state index >= 15 is 0 Å². The molecule has 0 aliphatic heterocycles. The Morgan fingerprint density at radius 3 is 0.857 bits per heavy atom. The van der Waals surface area contributed by atoms with E-state index in [-0.39, 0.29) is 11.8 Å². The minimum Gasteiger partial charge on any atom is -0.380 e. The van der Waals surface area contributed by atoms with Crippen LogP contribution in [0.5, 0.6) is 0 Å². The van der Waals surface area contributed by atoms with Crippen molar-refractivity contribution in [2.24, 2.45) is 23.7 Å². The summed E-state index contributed by atoms with van der Waals surface area (Å²) in [5.74, 6) is 0.565. The Kier molecular flexibility index (Phi) is 7.72. The predicted octanol–water partition coefficient (Wildman–Crippen LogP) is 8.70. The highest BCUT2D eigenvalue weighted by Crippen LogP contribution is 2.53. The third-order valence-electron chi connectivity index (χ3n) is 9.72. The van der Waals surface area contributed by atoms with Gasteiger partial charge in [-0.25, -0.2) is 0 Å². The van der Waals surface area contributed by atoms with Crippen molar-refractivity contribution < 1.29 is 10.2 Å². The molecule has 2 heteroatoms. The molecule has 2 nitrogen and oxygen atoms in total. The molecular weight excluding hydrogens is 512 g/mol. The maximum atomic E-state index is 12.9. The van der Waals surface area contributed by atoms with Crippen LogP contribution in [0.15, 0.2) is 109 Å². The molecule has 4 aromatic rings. The summed E-state index contributed by atoms with van der Waals surface area (Å²) < 4.78 is 0. The summed E-state index contributed by atoms with van der Waals surface area (Å²) in [6.07, 6.45) is 8.95. The summed E-state index contributed by atoms with van der Waals surface area (Å²) in [6, 6.07) is 33.5. The lowest BCUT2D eigenvalue weighted by molar-refractivity contribution is 0.0197. The van der Waals surface area contributed by atoms with Gasteiger partial charge >= 0.3 is 0 Å². The van der Waals surface area contributed by atoms with Gasteiger partial charge in [-0.15, -0.1) is 0 Å². The van der Waals surface area contributed by atoms with Crippen LogP contribution in [-0.4, -0.2) is 10.2 Å². The van der Waals surface area contributed by atoms with E-state index in [1.54, 1.807) is 0 Å². The Morgan fingerprint density at radius 2 is 0.667 bits per heavy atom. The Hall–Kier alpha value is -3.46. The number of hydrogen-bond donors (Lipinski definition) is 2. The van der Waals surface area contributed by atoms with Gasteiger partial charge in [0.25, 0.3) is 0 Å². The minimum atomic E-state index is -1.17. The maximum absolute atomic E-state index is 12.9. The van der Waals surface area contributed by atoms with Crippen LogP contribution in [0.2, 0.25) is 0 Å². The molecule has 0 radical (unpaired) electrons. The summed E-state index contributed by atoms with van der Waals surface area (Å²) >= 11 is 0. The summed E-state index contributed by atoms with van der Waals surface area (Å²) in [4.78, 5) is 0. The number of rotatable bonds is 10. The van der Waals surface area contributed by atoms with Crippen LogP contribution >= 0.6 is 0 Å². The third kappa shape index (κ3) is 5.51. The quantitative estimate of drug-likeness (QED) is 0.192. The molecule has 6 rings (SSSR count). The van der Waals surface area contributed by atoms with Crippen LogP contribution in [0, 0.1) is 51.4 Å². The van der Waals surface area contributed by atoms with E-state index in [0.717, 1.165) is 47.9 Å². The minimum absolute atomic E-state index is 0.107. The molecule has 2 fully saturated rings. The topological polar surface area (TPSA) is 40.5 Å². The summed E-state index contributed by atoms with van der Waals surface area (Å²) in [5.41, 5.74) is 6.08. The number of hydrogen-bond acceptors (Lipinski definition) is 2. The van der Waals surface area contributed by atoms with Gasteiger partial charge in [-0.05, 0) is 87.5 Å². The highest BCUT2D eigenvalue weighted by molar-refractivity contribution is 5.43. The molecule has 2 aliphatic rings. The van der Waals surface area contributed by atoms with Gasteiger partial charge in [0.15, 0.2) is 0 Å². The summed E-state index contributed by atoms with van der Waals surface area (Å²) in [7, 11) is 0. The maximum Gasteiger partial charge on any atom is 0.121 e. The molecule has 0 amide bonds. The zero-order valence-electron chi connectivity index (χ0n) is 25.4. The number of aliphatic hydroxyl groups is 2. The fraction of sp³-hybridized carbons (Fsp3) is 0.350. The number of aryl methyl sites for hydroxylation is 4. The van der Waals surface area contributed by atoms with Gasteiger partial charge in [-0.2, -0.15) is 0 Å². The standard InChI is InChI=1S/C40H44O2/c1-27-5-17-33(18-6-27)39(41,34-19-7-28(2)8-20-34)37(31-13-14-31)25-26-38(32-15-16-32)40(42,35-21-9-29(3)10-22-35)36-23-11-30(4)12-24-36/h5-12,17-26,31-32,37-38,41-42H,13-16H2,1-4H3/b26-25-/t37-,38+. The Morgan fingerprint density at radius 1 is 0.452 bits per heavy atom. The average molecular weight is 557 g/mol. The van der Waals surface area contributed by atoms with Gasteiger partial charge in [0.2, 0.25) is 0 Å². The van der Waals surface area contributed by atoms with Crippen LogP contribution in [0.3, 0.4) is 0 Å². The second-order valence-electron chi connectivity index (χ2n) is 13.1. The zero-order valence-corrected chi connectivity index (χ0v) is 25.4. The van der Waals surface area contributed by atoms with Gasteiger partial charge in [-0.1, -0.05) is 131 Å². The largest absolute Gasteiger partial charge is 0.380 e. The van der Waals surface area contributed by atoms with Crippen molar-refractivity contribution in [1.29, 1.82) is 0 Å². The molecule has 42 heavy (non-hydrogen) atoms. The monoisotopic (exact) mass is 556 g/mol. The van der Waals surface area contributed by atoms with Crippen molar-refractivity contribution in [3.63, 3.8) is 0 Å². The second-order valence-corrected chi connectivity index (χ2v) is 13.1. The average Bonchev–Trinajstić information content (AvgIpc) is 3.91. The van der Waals surface area contributed by atoms with Gasteiger partial charge in [0.1, 0.15) is 11.2 Å². The van der Waals surface area contributed by atoms with E-state index in [2.05, 4.69) is 137 Å². The first-order valence-electron chi connectivity index (χ1n) is 15.6. The molecular formula is C40H44O2. The first-order valence-corrected chi connectivity index (χ1v) is 15.6. The molecule has 0 unspecified atom stereocenters. The van der Waals surface area contributed by atoms with E-state index in [4.69, 9.17) is 0 Å². The molecule has 0 aromatic heterocycles.